The lowest BCUT2D eigenvalue weighted by atomic mass is 9.99. The summed E-state index contributed by atoms with van der Waals surface area (Å²) in [4.78, 5) is 4.34. The molecular weight excluding hydrogens is 182 g/mol. The highest BCUT2D eigenvalue weighted by molar-refractivity contribution is 5.69. The van der Waals surface area contributed by atoms with E-state index in [1.807, 2.05) is 6.20 Å². The number of hydrogen-bond donors (Lipinski definition) is 0. The van der Waals surface area contributed by atoms with E-state index in [0.717, 1.165) is 5.69 Å². The van der Waals surface area contributed by atoms with E-state index in [9.17, 15) is 0 Å². The number of rotatable bonds is 1. The monoisotopic (exact) mass is 197 g/mol. The van der Waals surface area contributed by atoms with Crippen LogP contribution in [0.15, 0.2) is 36.5 Å². The van der Waals surface area contributed by atoms with Crippen LogP contribution in [-0.2, 0) is 0 Å². The van der Waals surface area contributed by atoms with E-state index < -0.39 is 0 Å². The zero-order chi connectivity index (χ0) is 10.8. The van der Waals surface area contributed by atoms with Gasteiger partial charge in [0.25, 0.3) is 0 Å². The number of pyridine rings is 1. The first kappa shape index (κ1) is 9.91. The van der Waals surface area contributed by atoms with Crippen LogP contribution in [0.2, 0.25) is 0 Å². The van der Waals surface area contributed by atoms with Gasteiger partial charge in [0.1, 0.15) is 0 Å². The Morgan fingerprint density at radius 2 is 1.53 bits per heavy atom. The second-order valence-corrected chi connectivity index (χ2v) is 3.95. The molecule has 1 heteroatoms. The Bertz CT molecular complexity index is 449. The van der Waals surface area contributed by atoms with Crippen molar-refractivity contribution in [2.45, 2.75) is 20.8 Å². The summed E-state index contributed by atoms with van der Waals surface area (Å²) in [6, 6.07) is 10.7. The third-order valence-electron chi connectivity index (χ3n) is 2.69. The molecule has 2 aromatic rings. The van der Waals surface area contributed by atoms with Crippen LogP contribution in [0.1, 0.15) is 16.8 Å². The molecule has 0 saturated carbocycles. The maximum atomic E-state index is 4.34. The van der Waals surface area contributed by atoms with Gasteiger partial charge in [-0.2, -0.15) is 0 Å². The van der Waals surface area contributed by atoms with E-state index in [0.29, 0.717) is 0 Å². The Morgan fingerprint density at radius 1 is 0.867 bits per heavy atom. The standard InChI is InChI=1S/C14H15N/c1-10-4-6-13(7-5-10)14-11(2)8-9-15-12(14)3/h4-9H,1-3H3. The molecule has 2 rings (SSSR count). The molecule has 0 unspecified atom stereocenters. The molecule has 0 fully saturated rings. The highest BCUT2D eigenvalue weighted by atomic mass is 14.7. The SMILES string of the molecule is Cc1ccc(-c2c(C)ccnc2C)cc1. The second-order valence-electron chi connectivity index (χ2n) is 3.95. The molecule has 0 bridgehead atoms. The summed E-state index contributed by atoms with van der Waals surface area (Å²) in [6.45, 7) is 6.29. The smallest absolute Gasteiger partial charge is 0.0453 e. The molecule has 0 N–H and O–H groups in total. The quantitative estimate of drug-likeness (QED) is 0.679. The van der Waals surface area contributed by atoms with Crippen LogP contribution >= 0.6 is 0 Å². The summed E-state index contributed by atoms with van der Waals surface area (Å²) in [7, 11) is 0. The number of hydrogen-bond acceptors (Lipinski definition) is 1. The van der Waals surface area contributed by atoms with Crippen molar-refractivity contribution in [2.75, 3.05) is 0 Å². The molecule has 1 nitrogen and oxygen atoms in total. The van der Waals surface area contributed by atoms with Gasteiger partial charge in [0.15, 0.2) is 0 Å². The first-order valence-corrected chi connectivity index (χ1v) is 5.18. The van der Waals surface area contributed by atoms with Crippen LogP contribution < -0.4 is 0 Å². The molecular formula is C14H15N. The van der Waals surface area contributed by atoms with Crippen LogP contribution in [0.4, 0.5) is 0 Å². The first-order valence-electron chi connectivity index (χ1n) is 5.18. The lowest BCUT2D eigenvalue weighted by Gasteiger charge is -2.08. The molecule has 1 aromatic carbocycles. The Labute approximate surface area is 90.8 Å². The van der Waals surface area contributed by atoms with E-state index >= 15 is 0 Å². The minimum Gasteiger partial charge on any atom is -0.261 e. The lowest BCUT2D eigenvalue weighted by molar-refractivity contribution is 1.18. The average Bonchev–Trinajstić information content (AvgIpc) is 2.20. The largest absolute Gasteiger partial charge is 0.261 e. The average molecular weight is 197 g/mol. The van der Waals surface area contributed by atoms with E-state index in [4.69, 9.17) is 0 Å². The Hall–Kier alpha value is -1.63. The normalized spacial score (nSPS) is 10.3. The maximum Gasteiger partial charge on any atom is 0.0453 e. The molecule has 76 valence electrons. The third kappa shape index (κ3) is 1.91. The fourth-order valence-corrected chi connectivity index (χ4v) is 1.85. The number of aromatic nitrogens is 1. The summed E-state index contributed by atoms with van der Waals surface area (Å²) in [5, 5.41) is 0. The van der Waals surface area contributed by atoms with E-state index in [-0.39, 0.29) is 0 Å². The van der Waals surface area contributed by atoms with Gasteiger partial charge >= 0.3 is 0 Å². The number of benzene rings is 1. The first-order chi connectivity index (χ1) is 7.18. The van der Waals surface area contributed by atoms with Crippen LogP contribution in [0, 0.1) is 20.8 Å². The minimum atomic E-state index is 1.10. The molecule has 0 radical (unpaired) electrons. The summed E-state index contributed by atoms with van der Waals surface area (Å²) < 4.78 is 0. The second kappa shape index (κ2) is 3.85. The molecule has 0 aliphatic heterocycles. The van der Waals surface area contributed by atoms with Gasteiger partial charge in [-0.3, -0.25) is 4.98 Å². The molecule has 0 aliphatic carbocycles. The lowest BCUT2D eigenvalue weighted by Crippen LogP contribution is -1.90. The van der Waals surface area contributed by atoms with Crippen LogP contribution in [0.25, 0.3) is 11.1 Å². The van der Waals surface area contributed by atoms with Crippen molar-refractivity contribution in [3.63, 3.8) is 0 Å². The minimum absolute atomic E-state index is 1.10. The van der Waals surface area contributed by atoms with Crippen LogP contribution in [0.5, 0.6) is 0 Å². The third-order valence-corrected chi connectivity index (χ3v) is 2.69. The van der Waals surface area contributed by atoms with Gasteiger partial charge in [0.2, 0.25) is 0 Å². The molecule has 0 spiro atoms. The Morgan fingerprint density at radius 3 is 2.13 bits per heavy atom. The molecule has 0 atom stereocenters. The fraction of sp³-hybridized carbons (Fsp3) is 0.214. The number of aryl methyl sites for hydroxylation is 3. The zero-order valence-corrected chi connectivity index (χ0v) is 9.41. The van der Waals surface area contributed by atoms with Gasteiger partial charge in [-0.05, 0) is 38.0 Å². The predicted octanol–water partition coefficient (Wildman–Crippen LogP) is 3.67. The van der Waals surface area contributed by atoms with Gasteiger partial charge in [0, 0.05) is 17.5 Å². The highest BCUT2D eigenvalue weighted by Gasteiger charge is 2.05. The predicted molar refractivity (Wildman–Crippen MR) is 63.9 cm³/mol. The van der Waals surface area contributed by atoms with Gasteiger partial charge in [-0.25, -0.2) is 0 Å². The van der Waals surface area contributed by atoms with Gasteiger partial charge < -0.3 is 0 Å². The van der Waals surface area contributed by atoms with Crippen molar-refractivity contribution in [2.24, 2.45) is 0 Å². The molecule has 0 saturated heterocycles. The summed E-state index contributed by atoms with van der Waals surface area (Å²) in [5.41, 5.74) is 6.18. The Kier molecular flexibility index (Phi) is 2.55. The van der Waals surface area contributed by atoms with Crippen molar-refractivity contribution in [3.05, 3.63) is 53.3 Å². The van der Waals surface area contributed by atoms with Gasteiger partial charge in [-0.1, -0.05) is 29.8 Å². The molecule has 1 heterocycles. The van der Waals surface area contributed by atoms with Gasteiger partial charge in [0.05, 0.1) is 0 Å². The number of nitrogens with zero attached hydrogens (tertiary/aromatic N) is 1. The molecule has 0 amide bonds. The Balaban J connectivity index is 2.58. The van der Waals surface area contributed by atoms with Gasteiger partial charge in [-0.15, -0.1) is 0 Å². The molecule has 15 heavy (non-hydrogen) atoms. The fourth-order valence-electron chi connectivity index (χ4n) is 1.85. The molecule has 0 aliphatic rings. The van der Waals surface area contributed by atoms with Crippen LogP contribution in [0.3, 0.4) is 0 Å². The van der Waals surface area contributed by atoms with E-state index in [1.54, 1.807) is 0 Å². The van der Waals surface area contributed by atoms with Crippen molar-refractivity contribution in [1.82, 2.24) is 4.98 Å². The van der Waals surface area contributed by atoms with Crippen LogP contribution in [-0.4, -0.2) is 4.98 Å². The van der Waals surface area contributed by atoms with E-state index in [2.05, 4.69) is 56.1 Å². The maximum absolute atomic E-state index is 4.34. The summed E-state index contributed by atoms with van der Waals surface area (Å²) in [6.07, 6.45) is 1.86. The molecule has 1 aromatic heterocycles. The van der Waals surface area contributed by atoms with E-state index in [1.165, 1.54) is 22.3 Å². The summed E-state index contributed by atoms with van der Waals surface area (Å²) in [5.74, 6) is 0. The van der Waals surface area contributed by atoms with Crippen molar-refractivity contribution >= 4 is 0 Å². The highest BCUT2D eigenvalue weighted by Crippen LogP contribution is 2.25. The van der Waals surface area contributed by atoms with Crippen molar-refractivity contribution in [3.8, 4) is 11.1 Å². The summed E-state index contributed by atoms with van der Waals surface area (Å²) >= 11 is 0. The van der Waals surface area contributed by atoms with Crippen molar-refractivity contribution in [1.29, 1.82) is 0 Å². The van der Waals surface area contributed by atoms with Crippen molar-refractivity contribution < 1.29 is 0 Å². The topological polar surface area (TPSA) is 12.9 Å². The zero-order valence-electron chi connectivity index (χ0n) is 9.41.